The number of nitrogens with zero attached hydrogens (tertiary/aromatic N) is 3. The number of benzene rings is 4. The molecule has 1 fully saturated rings. The molecule has 1 saturated carbocycles. The number of allylic oxidation sites excluding steroid dienone is 9. The van der Waals surface area contributed by atoms with Gasteiger partial charge in [0.2, 0.25) is 0 Å². The van der Waals surface area contributed by atoms with E-state index in [-0.39, 0.29) is 5.92 Å². The van der Waals surface area contributed by atoms with E-state index in [1.807, 2.05) is 0 Å². The first-order chi connectivity index (χ1) is 30.2. The van der Waals surface area contributed by atoms with Crippen molar-refractivity contribution in [3.05, 3.63) is 213 Å². The second-order valence-corrected chi connectivity index (χ2v) is 19.2. The highest BCUT2D eigenvalue weighted by molar-refractivity contribution is 5.89. The highest BCUT2D eigenvalue weighted by Gasteiger charge is 2.53. The van der Waals surface area contributed by atoms with E-state index in [1.54, 1.807) is 16.7 Å². The molecule has 9 atom stereocenters. The molecule has 7 aliphatic carbocycles. The molecule has 4 aromatic carbocycles. The zero-order valence-electron chi connectivity index (χ0n) is 34.7. The van der Waals surface area contributed by atoms with Crippen LogP contribution in [0.15, 0.2) is 163 Å². The highest BCUT2D eigenvalue weighted by Crippen LogP contribution is 2.63. The van der Waals surface area contributed by atoms with E-state index in [2.05, 4.69) is 181 Å². The minimum Gasteiger partial charge on any atom is -0.357 e. The Morgan fingerprint density at radius 3 is 2.34 bits per heavy atom. The summed E-state index contributed by atoms with van der Waals surface area (Å²) in [6, 6.07) is 39.7. The van der Waals surface area contributed by atoms with Crippen molar-refractivity contribution in [2.75, 3.05) is 9.80 Å². The maximum absolute atomic E-state index is 5.84. The van der Waals surface area contributed by atoms with E-state index >= 15 is 0 Å². The smallest absolute Gasteiger partial charge is 0.0704 e. The summed E-state index contributed by atoms with van der Waals surface area (Å²) in [6.07, 6.45) is 29.6. The SMILES string of the molecule is CC1CC2c3ccccc3N(C3C=CC=CC3)C2C2=C1c1ccccc1C2C1C=CC=C(c2nc3c(c4c2CC2C(=C4)N(c4ccccc4)c4ccccc42)C=CC2CC32)C1. The van der Waals surface area contributed by atoms with E-state index in [4.69, 9.17) is 4.98 Å². The normalized spacial score (nSPS) is 30.0. The topological polar surface area (TPSA) is 19.4 Å². The van der Waals surface area contributed by atoms with Gasteiger partial charge in [-0.2, -0.15) is 0 Å². The molecule has 9 aliphatic rings. The van der Waals surface area contributed by atoms with Gasteiger partial charge in [-0.25, -0.2) is 0 Å². The molecule has 0 radical (unpaired) electrons. The van der Waals surface area contributed by atoms with Crippen LogP contribution in [-0.4, -0.2) is 17.1 Å². The fraction of sp³-hybridized carbons (Fsp3) is 0.259. The minimum absolute atomic E-state index is 0.285. The Balaban J connectivity index is 0.901. The third-order valence-electron chi connectivity index (χ3n) is 16.1. The molecule has 9 unspecified atom stereocenters. The molecule has 3 nitrogen and oxygen atoms in total. The molecule has 3 heteroatoms. The van der Waals surface area contributed by atoms with Gasteiger partial charge in [0.25, 0.3) is 0 Å². The van der Waals surface area contributed by atoms with Crippen LogP contribution in [-0.2, 0) is 6.42 Å². The molecule has 2 aliphatic heterocycles. The molecule has 5 aromatic rings. The minimum atomic E-state index is 0.285. The average molecular weight is 788 g/mol. The van der Waals surface area contributed by atoms with E-state index in [1.165, 1.54) is 85.9 Å². The van der Waals surface area contributed by atoms with Crippen LogP contribution >= 0.6 is 0 Å². The molecule has 0 spiro atoms. The van der Waals surface area contributed by atoms with Gasteiger partial charge in [0.15, 0.2) is 0 Å². The Labute approximate surface area is 359 Å². The molecule has 296 valence electrons. The number of rotatable bonds is 4. The number of hydrogen-bond acceptors (Lipinski definition) is 3. The van der Waals surface area contributed by atoms with Crippen LogP contribution in [0.4, 0.5) is 17.1 Å². The first-order valence-corrected chi connectivity index (χ1v) is 23.0. The summed E-state index contributed by atoms with van der Waals surface area (Å²) in [6.45, 7) is 2.52. The largest absolute Gasteiger partial charge is 0.357 e. The monoisotopic (exact) mass is 787 g/mol. The van der Waals surface area contributed by atoms with Gasteiger partial charge in [0.1, 0.15) is 0 Å². The molecule has 1 aromatic heterocycles. The Hall–Kier alpha value is -6.19. The van der Waals surface area contributed by atoms with Crippen molar-refractivity contribution in [3.8, 4) is 0 Å². The molecular weight excluding hydrogens is 739 g/mol. The lowest BCUT2D eigenvalue weighted by Crippen LogP contribution is -2.46. The van der Waals surface area contributed by atoms with E-state index in [9.17, 15) is 0 Å². The fourth-order valence-electron chi connectivity index (χ4n) is 13.6. The van der Waals surface area contributed by atoms with Crippen LogP contribution in [0.1, 0.15) is 107 Å². The first kappa shape index (κ1) is 34.5. The van der Waals surface area contributed by atoms with E-state index < -0.39 is 0 Å². The van der Waals surface area contributed by atoms with Gasteiger partial charge in [-0.05, 0) is 130 Å². The summed E-state index contributed by atoms with van der Waals surface area (Å²) in [5.74, 6) is 3.10. The number of pyridine rings is 1. The molecular formula is C58H49N3. The predicted molar refractivity (Wildman–Crippen MR) is 251 cm³/mol. The van der Waals surface area contributed by atoms with Crippen molar-refractivity contribution < 1.29 is 0 Å². The van der Waals surface area contributed by atoms with Crippen LogP contribution in [0, 0.1) is 17.8 Å². The average Bonchev–Trinajstić information content (AvgIpc) is 3.81. The van der Waals surface area contributed by atoms with Crippen molar-refractivity contribution in [2.24, 2.45) is 17.8 Å². The van der Waals surface area contributed by atoms with Gasteiger partial charge in [-0.15, -0.1) is 0 Å². The standard InChI is InChI=1S/C58H49N3/c1-34-29-49-41-22-11-13-26-51(41)61(39-19-6-3-7-20-39)58(49)55-53(34)42-23-8-9-24-43(42)54(55)36-15-14-16-37(30-36)56-48-32-47-40-21-10-12-25-50(40)60(38-17-4-2-5-18-38)52(47)33-46(48)44-28-27-35-31-45(35)57(44)59-56/h2-19,21-28,33-36,39,45,47,49,54,58H,20,29-32H2,1H3. The van der Waals surface area contributed by atoms with Crippen LogP contribution < -0.4 is 9.80 Å². The maximum atomic E-state index is 5.84. The molecule has 14 rings (SSSR count). The molecule has 3 heterocycles. The Morgan fingerprint density at radius 2 is 1.48 bits per heavy atom. The van der Waals surface area contributed by atoms with Crippen molar-refractivity contribution in [1.29, 1.82) is 0 Å². The van der Waals surface area contributed by atoms with Gasteiger partial charge in [-0.3, -0.25) is 4.98 Å². The van der Waals surface area contributed by atoms with Crippen molar-refractivity contribution in [3.63, 3.8) is 0 Å². The van der Waals surface area contributed by atoms with Crippen LogP contribution in [0.2, 0.25) is 0 Å². The zero-order valence-corrected chi connectivity index (χ0v) is 34.7. The van der Waals surface area contributed by atoms with E-state index in [0.717, 1.165) is 19.3 Å². The van der Waals surface area contributed by atoms with Crippen LogP contribution in [0.3, 0.4) is 0 Å². The van der Waals surface area contributed by atoms with Crippen molar-refractivity contribution >= 4 is 40.4 Å². The van der Waals surface area contributed by atoms with Crippen molar-refractivity contribution in [1.82, 2.24) is 4.98 Å². The number of aromatic nitrogens is 1. The third-order valence-corrected chi connectivity index (χ3v) is 16.1. The van der Waals surface area contributed by atoms with Gasteiger partial charge in [0.05, 0.1) is 23.5 Å². The van der Waals surface area contributed by atoms with Gasteiger partial charge in [-0.1, -0.05) is 140 Å². The lowest BCUT2D eigenvalue weighted by atomic mass is 9.68. The number of para-hydroxylation sites is 3. The molecule has 0 saturated heterocycles. The summed E-state index contributed by atoms with van der Waals surface area (Å²) in [5, 5.41) is 0. The Bertz CT molecular complexity index is 2940. The van der Waals surface area contributed by atoms with E-state index in [0.29, 0.717) is 47.6 Å². The Kier molecular flexibility index (Phi) is 7.31. The zero-order chi connectivity index (χ0) is 39.9. The quantitative estimate of drug-likeness (QED) is 0.181. The molecule has 0 amide bonds. The summed E-state index contributed by atoms with van der Waals surface area (Å²) in [5.41, 5.74) is 23.0. The van der Waals surface area contributed by atoms with Gasteiger partial charge < -0.3 is 9.80 Å². The number of fused-ring (bicyclic) bond motifs is 14. The maximum Gasteiger partial charge on any atom is 0.0704 e. The summed E-state index contributed by atoms with van der Waals surface area (Å²) < 4.78 is 0. The summed E-state index contributed by atoms with van der Waals surface area (Å²) in [4.78, 5) is 11.2. The second-order valence-electron chi connectivity index (χ2n) is 19.2. The summed E-state index contributed by atoms with van der Waals surface area (Å²) >= 11 is 0. The van der Waals surface area contributed by atoms with Crippen molar-refractivity contribution in [2.45, 2.75) is 74.8 Å². The predicted octanol–water partition coefficient (Wildman–Crippen LogP) is 13.5. The lowest BCUT2D eigenvalue weighted by Gasteiger charge is -2.44. The van der Waals surface area contributed by atoms with Crippen LogP contribution in [0.25, 0.3) is 23.3 Å². The number of anilines is 3. The fourth-order valence-corrected chi connectivity index (χ4v) is 13.6. The lowest BCUT2D eigenvalue weighted by molar-refractivity contribution is 0.427. The Morgan fingerprint density at radius 1 is 0.672 bits per heavy atom. The molecule has 61 heavy (non-hydrogen) atoms. The molecule has 0 N–H and O–H groups in total. The second kappa shape index (κ2) is 12.9. The first-order valence-electron chi connectivity index (χ1n) is 23.0. The van der Waals surface area contributed by atoms with Gasteiger partial charge in [0, 0.05) is 52.0 Å². The molecule has 0 bridgehead atoms. The summed E-state index contributed by atoms with van der Waals surface area (Å²) in [7, 11) is 0. The third kappa shape index (κ3) is 4.89. The number of hydrogen-bond donors (Lipinski definition) is 0. The van der Waals surface area contributed by atoms with Gasteiger partial charge >= 0.3 is 0 Å². The van der Waals surface area contributed by atoms with Crippen LogP contribution in [0.5, 0.6) is 0 Å². The highest BCUT2D eigenvalue weighted by atomic mass is 15.2.